The molecule has 2 heterocycles. The van der Waals surface area contributed by atoms with E-state index in [-0.39, 0.29) is 5.78 Å². The number of hydrogen-bond acceptors (Lipinski definition) is 4. The standard InChI is InChI=1S/C14H18N4O/c1-15-6-5-13(19)12(9-16-2)11-3-4-14-17-7-8-18(14)10-11/h3-4,7-10,15-16H,5-6H2,1-2H3. The van der Waals surface area contributed by atoms with Gasteiger partial charge in [-0.2, -0.15) is 0 Å². The van der Waals surface area contributed by atoms with Crippen molar-refractivity contribution in [3.8, 4) is 0 Å². The number of aromatic nitrogens is 2. The van der Waals surface area contributed by atoms with Crippen LogP contribution in [0.2, 0.25) is 0 Å². The Morgan fingerprint density at radius 1 is 1.42 bits per heavy atom. The Kier molecular flexibility index (Phi) is 4.30. The third-order valence-electron chi connectivity index (χ3n) is 2.89. The van der Waals surface area contributed by atoms with E-state index in [9.17, 15) is 4.79 Å². The molecule has 0 saturated carbocycles. The number of ketones is 1. The largest absolute Gasteiger partial charge is 0.393 e. The van der Waals surface area contributed by atoms with Gasteiger partial charge in [-0.1, -0.05) is 0 Å². The van der Waals surface area contributed by atoms with Crippen molar-refractivity contribution in [1.29, 1.82) is 0 Å². The molecule has 0 aliphatic heterocycles. The van der Waals surface area contributed by atoms with Crippen LogP contribution >= 0.6 is 0 Å². The monoisotopic (exact) mass is 258 g/mol. The van der Waals surface area contributed by atoms with Crippen molar-refractivity contribution < 1.29 is 4.79 Å². The molecule has 0 fully saturated rings. The molecule has 2 rings (SSSR count). The van der Waals surface area contributed by atoms with Crippen LogP contribution in [0.3, 0.4) is 0 Å². The highest BCUT2D eigenvalue weighted by Gasteiger charge is 2.12. The number of fused-ring (bicyclic) bond motifs is 1. The van der Waals surface area contributed by atoms with E-state index in [0.717, 1.165) is 11.2 Å². The minimum atomic E-state index is 0.114. The van der Waals surface area contributed by atoms with Crippen molar-refractivity contribution >= 4 is 17.0 Å². The molecule has 0 radical (unpaired) electrons. The first-order valence-corrected chi connectivity index (χ1v) is 6.24. The first-order chi connectivity index (χ1) is 9.26. The van der Waals surface area contributed by atoms with Crippen molar-refractivity contribution in [3.63, 3.8) is 0 Å². The second-order valence-corrected chi connectivity index (χ2v) is 4.23. The van der Waals surface area contributed by atoms with Crippen LogP contribution in [0.25, 0.3) is 11.2 Å². The number of hydrogen-bond donors (Lipinski definition) is 2. The molecule has 100 valence electrons. The fourth-order valence-corrected chi connectivity index (χ4v) is 1.92. The number of nitrogens with one attached hydrogen (secondary N) is 2. The SMILES string of the molecule is CNC=C(C(=O)CCNC)c1ccc2nccn2c1. The van der Waals surface area contributed by atoms with Crippen LogP contribution in [0, 0.1) is 0 Å². The zero-order valence-electron chi connectivity index (χ0n) is 11.2. The molecule has 0 spiro atoms. The van der Waals surface area contributed by atoms with Gasteiger partial charge >= 0.3 is 0 Å². The normalized spacial score (nSPS) is 11.8. The summed E-state index contributed by atoms with van der Waals surface area (Å²) < 4.78 is 1.91. The van der Waals surface area contributed by atoms with E-state index in [1.807, 2.05) is 36.0 Å². The van der Waals surface area contributed by atoms with Crippen molar-refractivity contribution in [2.75, 3.05) is 20.6 Å². The van der Waals surface area contributed by atoms with Gasteiger partial charge in [-0.3, -0.25) is 4.79 Å². The summed E-state index contributed by atoms with van der Waals surface area (Å²) in [6.07, 6.45) is 7.75. The zero-order chi connectivity index (χ0) is 13.7. The molecule has 0 aliphatic rings. The van der Waals surface area contributed by atoms with Crippen LogP contribution < -0.4 is 10.6 Å². The van der Waals surface area contributed by atoms with Gasteiger partial charge < -0.3 is 15.0 Å². The van der Waals surface area contributed by atoms with Crippen LogP contribution in [0.5, 0.6) is 0 Å². The lowest BCUT2D eigenvalue weighted by atomic mass is 10.0. The molecule has 0 aromatic carbocycles. The van der Waals surface area contributed by atoms with Gasteiger partial charge in [0.2, 0.25) is 0 Å². The molecule has 2 aromatic heterocycles. The van der Waals surface area contributed by atoms with Crippen molar-refractivity contribution in [2.45, 2.75) is 6.42 Å². The maximum Gasteiger partial charge on any atom is 0.166 e. The maximum atomic E-state index is 12.2. The summed E-state index contributed by atoms with van der Waals surface area (Å²) in [5.41, 5.74) is 2.45. The number of nitrogens with zero attached hydrogens (tertiary/aromatic N) is 2. The van der Waals surface area contributed by atoms with Crippen molar-refractivity contribution in [3.05, 3.63) is 42.5 Å². The van der Waals surface area contributed by atoms with Gasteiger partial charge in [0.1, 0.15) is 5.65 Å². The lowest BCUT2D eigenvalue weighted by molar-refractivity contribution is -0.113. The molecule has 2 N–H and O–H groups in total. The third-order valence-corrected chi connectivity index (χ3v) is 2.89. The van der Waals surface area contributed by atoms with Gasteiger partial charge in [-0.15, -0.1) is 0 Å². The first kappa shape index (κ1) is 13.3. The van der Waals surface area contributed by atoms with Gasteiger partial charge in [0, 0.05) is 55.9 Å². The smallest absolute Gasteiger partial charge is 0.166 e. The molecular weight excluding hydrogens is 240 g/mol. The lowest BCUT2D eigenvalue weighted by Crippen LogP contribution is -2.15. The Balaban J connectivity index is 2.32. The summed E-state index contributed by atoms with van der Waals surface area (Å²) in [6.45, 7) is 0.674. The molecule has 2 aromatic rings. The average molecular weight is 258 g/mol. The van der Waals surface area contributed by atoms with Crippen molar-refractivity contribution in [1.82, 2.24) is 20.0 Å². The summed E-state index contributed by atoms with van der Waals surface area (Å²) in [5.74, 6) is 0.114. The van der Waals surface area contributed by atoms with E-state index >= 15 is 0 Å². The zero-order valence-corrected chi connectivity index (χ0v) is 11.2. The number of Topliss-reactive ketones (excluding diaryl/α,β-unsaturated/α-hetero) is 1. The van der Waals surface area contributed by atoms with Gasteiger partial charge in [-0.25, -0.2) is 4.98 Å². The molecule has 5 heteroatoms. The molecule has 0 saturated heterocycles. The van der Waals surface area contributed by atoms with Crippen LogP contribution in [-0.4, -0.2) is 35.8 Å². The molecule has 19 heavy (non-hydrogen) atoms. The van der Waals surface area contributed by atoms with Gasteiger partial charge in [0.25, 0.3) is 0 Å². The molecule has 0 aliphatic carbocycles. The Morgan fingerprint density at radius 3 is 3.00 bits per heavy atom. The fraction of sp³-hybridized carbons (Fsp3) is 0.286. The average Bonchev–Trinajstić information content (AvgIpc) is 2.89. The second-order valence-electron chi connectivity index (χ2n) is 4.23. The molecule has 0 atom stereocenters. The highest BCUT2D eigenvalue weighted by molar-refractivity contribution is 6.20. The molecule has 0 unspecified atom stereocenters. The van der Waals surface area contributed by atoms with Crippen LogP contribution in [0.1, 0.15) is 12.0 Å². The highest BCUT2D eigenvalue weighted by atomic mass is 16.1. The summed E-state index contributed by atoms with van der Waals surface area (Å²) in [5, 5.41) is 5.93. The Morgan fingerprint density at radius 2 is 2.26 bits per heavy atom. The van der Waals surface area contributed by atoms with E-state index in [2.05, 4.69) is 15.6 Å². The maximum absolute atomic E-state index is 12.2. The number of rotatable bonds is 6. The number of allylic oxidation sites excluding steroid dienone is 1. The van der Waals surface area contributed by atoms with Gasteiger partial charge in [0.15, 0.2) is 5.78 Å². The number of carbonyl (C=O) groups excluding carboxylic acids is 1. The van der Waals surface area contributed by atoms with Crippen LogP contribution in [0.15, 0.2) is 36.9 Å². The number of imidazole rings is 1. The second kappa shape index (κ2) is 6.15. The summed E-state index contributed by atoms with van der Waals surface area (Å²) >= 11 is 0. The lowest BCUT2D eigenvalue weighted by Gasteiger charge is -2.08. The van der Waals surface area contributed by atoms with E-state index < -0.39 is 0 Å². The van der Waals surface area contributed by atoms with E-state index in [0.29, 0.717) is 18.5 Å². The summed E-state index contributed by atoms with van der Waals surface area (Å²) in [7, 11) is 3.63. The Hall–Kier alpha value is -2.14. The minimum Gasteiger partial charge on any atom is -0.393 e. The van der Waals surface area contributed by atoms with Crippen LogP contribution in [0.4, 0.5) is 0 Å². The number of pyridine rings is 1. The van der Waals surface area contributed by atoms with Crippen molar-refractivity contribution in [2.24, 2.45) is 0 Å². The van der Waals surface area contributed by atoms with E-state index in [1.165, 1.54) is 0 Å². The topological polar surface area (TPSA) is 58.4 Å². The Bertz CT molecular complexity index is 600. The van der Waals surface area contributed by atoms with E-state index in [4.69, 9.17) is 0 Å². The van der Waals surface area contributed by atoms with E-state index in [1.54, 1.807) is 19.4 Å². The van der Waals surface area contributed by atoms with Crippen LogP contribution in [-0.2, 0) is 4.79 Å². The summed E-state index contributed by atoms with van der Waals surface area (Å²) in [6, 6.07) is 3.83. The predicted molar refractivity (Wildman–Crippen MR) is 75.8 cm³/mol. The third kappa shape index (κ3) is 3.00. The highest BCUT2D eigenvalue weighted by Crippen LogP contribution is 2.17. The number of carbonyl (C=O) groups is 1. The van der Waals surface area contributed by atoms with Gasteiger partial charge in [-0.05, 0) is 19.2 Å². The molecule has 0 bridgehead atoms. The molecule has 0 amide bonds. The minimum absolute atomic E-state index is 0.114. The quantitative estimate of drug-likeness (QED) is 0.761. The summed E-state index contributed by atoms with van der Waals surface area (Å²) in [4.78, 5) is 16.4. The molecular formula is C14H18N4O. The van der Waals surface area contributed by atoms with Gasteiger partial charge in [0.05, 0.1) is 0 Å². The predicted octanol–water partition coefficient (Wildman–Crippen LogP) is 1.07. The molecule has 5 nitrogen and oxygen atoms in total. The fourth-order valence-electron chi connectivity index (χ4n) is 1.92. The first-order valence-electron chi connectivity index (χ1n) is 6.24. The Labute approximate surface area is 112 Å².